The number of rotatable bonds is 5. The van der Waals surface area contributed by atoms with Gasteiger partial charge in [-0.1, -0.05) is 23.7 Å². The van der Waals surface area contributed by atoms with Crippen molar-refractivity contribution in [2.24, 2.45) is 0 Å². The summed E-state index contributed by atoms with van der Waals surface area (Å²) in [5.41, 5.74) is 1.80. The molecule has 9 nitrogen and oxygen atoms in total. The van der Waals surface area contributed by atoms with Crippen LogP contribution in [0.15, 0.2) is 54.9 Å². The molecular formula is C22H20ClN7O2. The SMILES string of the molecule is COc1ccccc1-c1n[nH]c(C2CCCN2C(=O)c2ccc(Cl)cc2-n2nccn2)n1. The Morgan fingerprint density at radius 1 is 1.19 bits per heavy atom. The number of benzene rings is 2. The molecule has 10 heteroatoms. The maximum Gasteiger partial charge on any atom is 0.256 e. The van der Waals surface area contributed by atoms with Gasteiger partial charge < -0.3 is 9.64 Å². The number of ether oxygens (including phenoxy) is 1. The zero-order chi connectivity index (χ0) is 22.1. The highest BCUT2D eigenvalue weighted by Gasteiger charge is 2.34. The van der Waals surface area contributed by atoms with Crippen LogP contribution < -0.4 is 4.74 Å². The summed E-state index contributed by atoms with van der Waals surface area (Å²) in [6.45, 7) is 0.614. The first-order valence-electron chi connectivity index (χ1n) is 10.2. The zero-order valence-corrected chi connectivity index (χ0v) is 18.0. The van der Waals surface area contributed by atoms with E-state index in [0.29, 0.717) is 40.2 Å². The van der Waals surface area contributed by atoms with E-state index in [1.54, 1.807) is 37.7 Å². The van der Waals surface area contributed by atoms with Gasteiger partial charge in [-0.15, -0.1) is 0 Å². The van der Waals surface area contributed by atoms with Crippen LogP contribution in [0.25, 0.3) is 17.1 Å². The quantitative estimate of drug-likeness (QED) is 0.498. The molecule has 1 fully saturated rings. The Bertz CT molecular complexity index is 1250. The van der Waals surface area contributed by atoms with Gasteiger partial charge in [-0.25, -0.2) is 4.98 Å². The molecule has 2 aromatic heterocycles. The Labute approximate surface area is 189 Å². The van der Waals surface area contributed by atoms with Crippen LogP contribution >= 0.6 is 11.6 Å². The van der Waals surface area contributed by atoms with Gasteiger partial charge in [-0.2, -0.15) is 20.1 Å². The number of nitrogens with zero attached hydrogens (tertiary/aromatic N) is 6. The van der Waals surface area contributed by atoms with Crippen molar-refractivity contribution < 1.29 is 9.53 Å². The minimum Gasteiger partial charge on any atom is -0.496 e. The highest BCUT2D eigenvalue weighted by atomic mass is 35.5. The van der Waals surface area contributed by atoms with Crippen LogP contribution in [-0.4, -0.2) is 54.6 Å². The van der Waals surface area contributed by atoms with E-state index in [1.165, 1.54) is 4.80 Å². The molecule has 162 valence electrons. The summed E-state index contributed by atoms with van der Waals surface area (Å²) in [6, 6.07) is 12.4. The van der Waals surface area contributed by atoms with Crippen molar-refractivity contribution in [1.29, 1.82) is 0 Å². The smallest absolute Gasteiger partial charge is 0.256 e. The minimum absolute atomic E-state index is 0.133. The highest BCUT2D eigenvalue weighted by molar-refractivity contribution is 6.31. The molecule has 0 bridgehead atoms. The predicted octanol–water partition coefficient (Wildman–Crippen LogP) is 3.69. The lowest BCUT2D eigenvalue weighted by Crippen LogP contribution is -2.32. The van der Waals surface area contributed by atoms with E-state index >= 15 is 0 Å². The average Bonchev–Trinajstić information content (AvgIpc) is 3.59. The number of halogens is 1. The van der Waals surface area contributed by atoms with Crippen molar-refractivity contribution >= 4 is 17.5 Å². The number of carbonyl (C=O) groups excluding carboxylic acids is 1. The van der Waals surface area contributed by atoms with Gasteiger partial charge in [0.1, 0.15) is 11.6 Å². The largest absolute Gasteiger partial charge is 0.496 e. The molecule has 1 unspecified atom stereocenters. The predicted molar refractivity (Wildman–Crippen MR) is 118 cm³/mol. The van der Waals surface area contributed by atoms with Crippen LogP contribution in [0, 0.1) is 0 Å². The van der Waals surface area contributed by atoms with Gasteiger partial charge in [0.2, 0.25) is 0 Å². The molecule has 3 heterocycles. The van der Waals surface area contributed by atoms with E-state index in [1.807, 2.05) is 29.2 Å². The topological polar surface area (TPSA) is 102 Å². The second-order valence-corrected chi connectivity index (χ2v) is 7.82. The summed E-state index contributed by atoms with van der Waals surface area (Å²) in [5.74, 6) is 1.73. The van der Waals surface area contributed by atoms with Crippen LogP contribution in [0.3, 0.4) is 0 Å². The standard InChI is InChI=1S/C22H20ClN7O2/c1-32-19-7-3-2-5-16(19)20-26-21(28-27-20)17-6-4-12-29(17)22(31)15-9-8-14(23)13-18(15)30-24-10-11-25-30/h2-3,5,7-11,13,17H,4,6,12H2,1H3,(H,26,27,28). The Hall–Kier alpha value is -3.72. The maximum absolute atomic E-state index is 13.6. The number of aromatic nitrogens is 6. The number of amides is 1. The van der Waals surface area contributed by atoms with Crippen molar-refractivity contribution in [3.8, 4) is 22.8 Å². The summed E-state index contributed by atoms with van der Waals surface area (Å²) < 4.78 is 5.43. The van der Waals surface area contributed by atoms with Gasteiger partial charge in [0.15, 0.2) is 5.82 Å². The number of para-hydroxylation sites is 1. The molecule has 1 N–H and O–H groups in total. The molecule has 1 amide bonds. The van der Waals surface area contributed by atoms with Crippen LogP contribution in [0.2, 0.25) is 5.02 Å². The Morgan fingerprint density at radius 2 is 2.00 bits per heavy atom. The Balaban J connectivity index is 1.47. The zero-order valence-electron chi connectivity index (χ0n) is 17.3. The van der Waals surface area contributed by atoms with E-state index in [-0.39, 0.29) is 11.9 Å². The number of hydrogen-bond donors (Lipinski definition) is 1. The number of nitrogens with one attached hydrogen (secondary N) is 1. The molecule has 5 rings (SSSR count). The summed E-state index contributed by atoms with van der Waals surface area (Å²) in [5, 5.41) is 16.2. The third kappa shape index (κ3) is 3.60. The molecule has 1 aliphatic rings. The lowest BCUT2D eigenvalue weighted by molar-refractivity contribution is 0.0730. The second-order valence-electron chi connectivity index (χ2n) is 7.38. The first-order chi connectivity index (χ1) is 15.7. The summed E-state index contributed by atoms with van der Waals surface area (Å²) in [7, 11) is 1.61. The number of hydrogen-bond acceptors (Lipinski definition) is 6. The summed E-state index contributed by atoms with van der Waals surface area (Å²) in [6.07, 6.45) is 4.77. The molecule has 32 heavy (non-hydrogen) atoms. The van der Waals surface area contributed by atoms with E-state index in [9.17, 15) is 4.79 Å². The number of likely N-dealkylation sites (tertiary alicyclic amines) is 1. The number of methoxy groups -OCH3 is 1. The Morgan fingerprint density at radius 3 is 2.81 bits per heavy atom. The van der Waals surface area contributed by atoms with Gasteiger partial charge in [-0.3, -0.25) is 9.89 Å². The van der Waals surface area contributed by atoms with Gasteiger partial charge in [0.25, 0.3) is 5.91 Å². The molecule has 0 spiro atoms. The van der Waals surface area contributed by atoms with Gasteiger partial charge in [0.05, 0.1) is 42.4 Å². The van der Waals surface area contributed by atoms with Crippen molar-refractivity contribution in [2.45, 2.75) is 18.9 Å². The Kier molecular flexibility index (Phi) is 5.32. The molecule has 0 saturated carbocycles. The van der Waals surface area contributed by atoms with E-state index in [4.69, 9.17) is 21.3 Å². The third-order valence-corrected chi connectivity index (χ3v) is 5.74. The fraction of sp³-hybridized carbons (Fsp3) is 0.227. The number of aromatic amines is 1. The molecule has 1 aliphatic heterocycles. The van der Waals surface area contributed by atoms with Crippen molar-refractivity contribution in [1.82, 2.24) is 35.1 Å². The molecular weight excluding hydrogens is 430 g/mol. The minimum atomic E-state index is -0.215. The van der Waals surface area contributed by atoms with Crippen molar-refractivity contribution in [3.63, 3.8) is 0 Å². The van der Waals surface area contributed by atoms with Crippen LogP contribution in [0.5, 0.6) is 5.75 Å². The van der Waals surface area contributed by atoms with Gasteiger partial charge in [-0.05, 0) is 43.2 Å². The van der Waals surface area contributed by atoms with E-state index in [2.05, 4.69) is 20.4 Å². The first kappa shape index (κ1) is 20.2. The van der Waals surface area contributed by atoms with Gasteiger partial charge >= 0.3 is 0 Å². The van der Waals surface area contributed by atoms with Crippen LogP contribution in [-0.2, 0) is 0 Å². The average molecular weight is 450 g/mol. The number of carbonyl (C=O) groups is 1. The molecule has 2 aromatic carbocycles. The monoisotopic (exact) mass is 449 g/mol. The normalized spacial score (nSPS) is 15.8. The molecule has 4 aromatic rings. The second kappa shape index (κ2) is 8.43. The molecule has 0 radical (unpaired) electrons. The van der Waals surface area contributed by atoms with Crippen LogP contribution in [0.4, 0.5) is 0 Å². The van der Waals surface area contributed by atoms with Gasteiger partial charge in [0, 0.05) is 11.6 Å². The highest BCUT2D eigenvalue weighted by Crippen LogP contribution is 2.34. The lowest BCUT2D eigenvalue weighted by atomic mass is 10.1. The fourth-order valence-corrected chi connectivity index (χ4v) is 4.18. The maximum atomic E-state index is 13.6. The molecule has 1 atom stereocenters. The molecule has 1 saturated heterocycles. The van der Waals surface area contributed by atoms with E-state index < -0.39 is 0 Å². The lowest BCUT2D eigenvalue weighted by Gasteiger charge is -2.24. The van der Waals surface area contributed by atoms with Crippen LogP contribution in [0.1, 0.15) is 35.1 Å². The number of H-pyrrole nitrogens is 1. The van der Waals surface area contributed by atoms with Crippen molar-refractivity contribution in [3.05, 3.63) is 71.3 Å². The van der Waals surface area contributed by atoms with E-state index in [0.717, 1.165) is 18.4 Å². The first-order valence-corrected chi connectivity index (χ1v) is 10.6. The fourth-order valence-electron chi connectivity index (χ4n) is 4.01. The molecule has 0 aliphatic carbocycles. The van der Waals surface area contributed by atoms with Crippen molar-refractivity contribution in [2.75, 3.05) is 13.7 Å². The third-order valence-electron chi connectivity index (χ3n) is 5.50. The summed E-state index contributed by atoms with van der Waals surface area (Å²) in [4.78, 5) is 21.5. The summed E-state index contributed by atoms with van der Waals surface area (Å²) >= 11 is 6.18.